The normalized spacial score (nSPS) is 13.2. The summed E-state index contributed by atoms with van der Waals surface area (Å²) < 4.78 is 5.76. The van der Waals surface area contributed by atoms with Crippen molar-refractivity contribution in [1.29, 1.82) is 0 Å². The van der Waals surface area contributed by atoms with E-state index >= 15 is 0 Å². The lowest BCUT2D eigenvalue weighted by Crippen LogP contribution is -2.24. The SMILES string of the molecule is CC(C)CNCCC(C)OCc1cccs1. The highest BCUT2D eigenvalue weighted by Crippen LogP contribution is 2.11. The lowest BCUT2D eigenvalue weighted by Gasteiger charge is -2.13. The van der Waals surface area contributed by atoms with Gasteiger partial charge in [0.15, 0.2) is 0 Å². The molecule has 1 N–H and O–H groups in total. The Morgan fingerprint density at radius 2 is 2.19 bits per heavy atom. The molecule has 1 heterocycles. The van der Waals surface area contributed by atoms with Crippen LogP contribution in [0.3, 0.4) is 0 Å². The zero-order valence-electron chi connectivity index (χ0n) is 10.5. The monoisotopic (exact) mass is 241 g/mol. The molecule has 16 heavy (non-hydrogen) atoms. The minimum Gasteiger partial charge on any atom is -0.373 e. The Kier molecular flexibility index (Phi) is 6.69. The zero-order chi connectivity index (χ0) is 11.8. The Morgan fingerprint density at radius 3 is 2.81 bits per heavy atom. The molecule has 0 saturated carbocycles. The Bertz CT molecular complexity index is 259. The maximum Gasteiger partial charge on any atom is 0.0812 e. The maximum absolute atomic E-state index is 5.76. The molecule has 0 bridgehead atoms. The van der Waals surface area contributed by atoms with E-state index in [0.29, 0.717) is 6.10 Å². The highest BCUT2D eigenvalue weighted by atomic mass is 32.1. The maximum atomic E-state index is 5.76. The summed E-state index contributed by atoms with van der Waals surface area (Å²) in [6, 6.07) is 4.19. The van der Waals surface area contributed by atoms with Gasteiger partial charge in [-0.25, -0.2) is 0 Å². The molecule has 1 rings (SSSR count). The van der Waals surface area contributed by atoms with Crippen molar-refractivity contribution >= 4 is 11.3 Å². The second-order valence-electron chi connectivity index (χ2n) is 4.59. The van der Waals surface area contributed by atoms with Gasteiger partial charge in [0.2, 0.25) is 0 Å². The molecule has 0 aliphatic carbocycles. The van der Waals surface area contributed by atoms with E-state index in [1.54, 1.807) is 11.3 Å². The molecular formula is C13H23NOS. The summed E-state index contributed by atoms with van der Waals surface area (Å²) in [6.07, 6.45) is 1.42. The minimum absolute atomic E-state index is 0.335. The van der Waals surface area contributed by atoms with Gasteiger partial charge < -0.3 is 10.1 Å². The van der Waals surface area contributed by atoms with E-state index < -0.39 is 0 Å². The summed E-state index contributed by atoms with van der Waals surface area (Å²) in [5, 5.41) is 5.52. The second-order valence-corrected chi connectivity index (χ2v) is 5.62. The first-order chi connectivity index (χ1) is 7.68. The third kappa shape index (κ3) is 6.26. The lowest BCUT2D eigenvalue weighted by atomic mass is 10.2. The van der Waals surface area contributed by atoms with Gasteiger partial charge in [0.25, 0.3) is 0 Å². The highest BCUT2D eigenvalue weighted by Gasteiger charge is 2.03. The Balaban J connectivity index is 2.00. The highest BCUT2D eigenvalue weighted by molar-refractivity contribution is 7.09. The molecule has 2 nitrogen and oxygen atoms in total. The van der Waals surface area contributed by atoms with Gasteiger partial charge in [0, 0.05) is 4.88 Å². The molecule has 0 saturated heterocycles. The largest absolute Gasteiger partial charge is 0.373 e. The molecule has 0 fully saturated rings. The van der Waals surface area contributed by atoms with Crippen molar-refractivity contribution in [1.82, 2.24) is 5.32 Å². The minimum atomic E-state index is 0.335. The molecule has 0 spiro atoms. The van der Waals surface area contributed by atoms with E-state index in [4.69, 9.17) is 4.74 Å². The molecule has 0 aromatic carbocycles. The molecule has 1 atom stereocenters. The summed E-state index contributed by atoms with van der Waals surface area (Å²) in [5.41, 5.74) is 0. The van der Waals surface area contributed by atoms with Gasteiger partial charge in [0.05, 0.1) is 12.7 Å². The fourth-order valence-electron chi connectivity index (χ4n) is 1.40. The third-order valence-electron chi connectivity index (χ3n) is 2.37. The van der Waals surface area contributed by atoms with Crippen LogP contribution in [0.25, 0.3) is 0 Å². The molecule has 92 valence electrons. The smallest absolute Gasteiger partial charge is 0.0812 e. The van der Waals surface area contributed by atoms with Crippen LogP contribution in [-0.4, -0.2) is 19.2 Å². The molecule has 1 aromatic heterocycles. The van der Waals surface area contributed by atoms with Gasteiger partial charge in [-0.15, -0.1) is 11.3 Å². The standard InChI is InChI=1S/C13H23NOS/c1-11(2)9-14-7-6-12(3)15-10-13-5-4-8-16-13/h4-5,8,11-12,14H,6-7,9-10H2,1-3H3. The molecule has 3 heteroatoms. The number of ether oxygens (including phenoxy) is 1. The Morgan fingerprint density at radius 1 is 1.38 bits per heavy atom. The predicted molar refractivity (Wildman–Crippen MR) is 70.9 cm³/mol. The number of nitrogens with one attached hydrogen (secondary N) is 1. The van der Waals surface area contributed by atoms with E-state index in [9.17, 15) is 0 Å². The van der Waals surface area contributed by atoms with Crippen LogP contribution >= 0.6 is 11.3 Å². The first-order valence-corrected chi connectivity index (χ1v) is 6.91. The number of thiophene rings is 1. The summed E-state index contributed by atoms with van der Waals surface area (Å²) >= 11 is 1.76. The van der Waals surface area contributed by atoms with Crippen LogP contribution < -0.4 is 5.32 Å². The van der Waals surface area contributed by atoms with Crippen LogP contribution in [0.15, 0.2) is 17.5 Å². The molecule has 0 amide bonds. The van der Waals surface area contributed by atoms with Crippen LogP contribution in [-0.2, 0) is 11.3 Å². The van der Waals surface area contributed by atoms with Crippen molar-refractivity contribution in [2.75, 3.05) is 13.1 Å². The molecule has 1 aromatic rings. The fourth-order valence-corrected chi connectivity index (χ4v) is 2.02. The van der Waals surface area contributed by atoms with E-state index in [1.165, 1.54) is 4.88 Å². The number of hydrogen-bond acceptors (Lipinski definition) is 3. The van der Waals surface area contributed by atoms with Gasteiger partial charge in [-0.2, -0.15) is 0 Å². The van der Waals surface area contributed by atoms with Crippen LogP contribution in [0.2, 0.25) is 0 Å². The molecule has 1 unspecified atom stereocenters. The fraction of sp³-hybridized carbons (Fsp3) is 0.692. The van der Waals surface area contributed by atoms with Gasteiger partial charge in [-0.3, -0.25) is 0 Å². The number of rotatable bonds is 8. The van der Waals surface area contributed by atoms with Crippen molar-refractivity contribution < 1.29 is 4.74 Å². The quantitative estimate of drug-likeness (QED) is 0.705. The van der Waals surface area contributed by atoms with Gasteiger partial charge in [-0.05, 0) is 43.8 Å². The van der Waals surface area contributed by atoms with Crippen molar-refractivity contribution in [3.8, 4) is 0 Å². The first-order valence-electron chi connectivity index (χ1n) is 6.03. The topological polar surface area (TPSA) is 21.3 Å². The summed E-state index contributed by atoms with van der Waals surface area (Å²) in [7, 11) is 0. The van der Waals surface area contributed by atoms with Gasteiger partial charge in [-0.1, -0.05) is 19.9 Å². The van der Waals surface area contributed by atoms with E-state index in [1.807, 2.05) is 0 Å². The van der Waals surface area contributed by atoms with E-state index in [0.717, 1.165) is 32.0 Å². The van der Waals surface area contributed by atoms with Crippen molar-refractivity contribution in [3.05, 3.63) is 22.4 Å². The van der Waals surface area contributed by atoms with E-state index in [2.05, 4.69) is 43.6 Å². The van der Waals surface area contributed by atoms with Crippen molar-refractivity contribution in [2.24, 2.45) is 5.92 Å². The Hall–Kier alpha value is -0.380. The average molecular weight is 241 g/mol. The van der Waals surface area contributed by atoms with Gasteiger partial charge in [0.1, 0.15) is 0 Å². The Labute approximate surface area is 103 Å². The van der Waals surface area contributed by atoms with Gasteiger partial charge >= 0.3 is 0 Å². The summed E-state index contributed by atoms with van der Waals surface area (Å²) in [4.78, 5) is 1.31. The molecule has 0 aliphatic heterocycles. The number of hydrogen-bond donors (Lipinski definition) is 1. The van der Waals surface area contributed by atoms with E-state index in [-0.39, 0.29) is 0 Å². The van der Waals surface area contributed by atoms with Crippen LogP contribution in [0, 0.1) is 5.92 Å². The predicted octanol–water partition coefficient (Wildman–Crippen LogP) is 3.29. The molecule has 0 aliphatic rings. The summed E-state index contributed by atoms with van der Waals surface area (Å²) in [5.74, 6) is 0.724. The zero-order valence-corrected chi connectivity index (χ0v) is 11.3. The molecule has 0 radical (unpaired) electrons. The van der Waals surface area contributed by atoms with Crippen molar-refractivity contribution in [3.63, 3.8) is 0 Å². The van der Waals surface area contributed by atoms with Crippen molar-refractivity contribution in [2.45, 2.75) is 39.9 Å². The molecular weight excluding hydrogens is 218 g/mol. The van der Waals surface area contributed by atoms with Crippen LogP contribution in [0.1, 0.15) is 32.1 Å². The average Bonchev–Trinajstić information content (AvgIpc) is 2.74. The van der Waals surface area contributed by atoms with Crippen LogP contribution in [0.4, 0.5) is 0 Å². The summed E-state index contributed by atoms with van der Waals surface area (Å²) in [6.45, 7) is 9.49. The third-order valence-corrected chi connectivity index (χ3v) is 3.22. The first kappa shape index (κ1) is 13.7. The second kappa shape index (κ2) is 7.82. The van der Waals surface area contributed by atoms with Crippen LogP contribution in [0.5, 0.6) is 0 Å². The lowest BCUT2D eigenvalue weighted by molar-refractivity contribution is 0.0493.